The summed E-state index contributed by atoms with van der Waals surface area (Å²) in [5.74, 6) is -0.908. The Labute approximate surface area is 117 Å². The maximum atomic E-state index is 11.0. The largest absolute Gasteiger partial charge is 0.478 e. The number of carboxylic acid groups (broad SMARTS) is 1. The monoisotopic (exact) mass is 273 g/mol. The summed E-state index contributed by atoms with van der Waals surface area (Å²) in [6.07, 6.45) is 4.30. The van der Waals surface area contributed by atoms with Crippen LogP contribution in [-0.2, 0) is 6.54 Å². The van der Waals surface area contributed by atoms with E-state index in [1.54, 1.807) is 12.1 Å². The number of aromatic carboxylic acids is 1. The van der Waals surface area contributed by atoms with Crippen LogP contribution in [0.2, 0.25) is 0 Å². The Kier molecular flexibility index (Phi) is 3.44. The van der Waals surface area contributed by atoms with Crippen LogP contribution in [0, 0.1) is 0 Å². The summed E-state index contributed by atoms with van der Waals surface area (Å²) < 4.78 is 2.14. The standard InChI is InChI=1S/C15H19N3O2/c1-2-17-7-3-4-12(17)9-18-10-16-13-8-11(15(19)20)5-6-14(13)18/h5-6,8,10,12H,2-4,7,9H2,1H3,(H,19,20). The third-order valence-corrected chi connectivity index (χ3v) is 4.18. The first kappa shape index (κ1) is 13.1. The Morgan fingerprint density at radius 2 is 2.35 bits per heavy atom. The molecule has 5 nitrogen and oxygen atoms in total. The van der Waals surface area contributed by atoms with Crippen LogP contribution in [0.3, 0.4) is 0 Å². The van der Waals surface area contributed by atoms with Crippen LogP contribution in [0.1, 0.15) is 30.1 Å². The average Bonchev–Trinajstić information content (AvgIpc) is 3.05. The maximum Gasteiger partial charge on any atom is 0.335 e. The smallest absolute Gasteiger partial charge is 0.335 e. The molecule has 1 aromatic heterocycles. The van der Waals surface area contributed by atoms with E-state index in [1.165, 1.54) is 19.4 Å². The molecule has 1 atom stereocenters. The minimum absolute atomic E-state index is 0.291. The van der Waals surface area contributed by atoms with E-state index in [4.69, 9.17) is 5.11 Å². The lowest BCUT2D eigenvalue weighted by molar-refractivity contribution is 0.0697. The van der Waals surface area contributed by atoms with Gasteiger partial charge in [0.1, 0.15) is 0 Å². The van der Waals surface area contributed by atoms with Crippen LogP contribution in [0.15, 0.2) is 24.5 Å². The zero-order valence-corrected chi connectivity index (χ0v) is 11.6. The number of aromatic nitrogens is 2. The van der Waals surface area contributed by atoms with Crippen LogP contribution in [-0.4, -0.2) is 44.7 Å². The molecule has 20 heavy (non-hydrogen) atoms. The highest BCUT2D eigenvalue weighted by atomic mass is 16.4. The van der Waals surface area contributed by atoms with Gasteiger partial charge in [-0.1, -0.05) is 6.92 Å². The van der Waals surface area contributed by atoms with E-state index in [1.807, 2.05) is 12.4 Å². The van der Waals surface area contributed by atoms with Crippen LogP contribution in [0.4, 0.5) is 0 Å². The van der Waals surface area contributed by atoms with E-state index < -0.39 is 5.97 Å². The van der Waals surface area contributed by atoms with Crippen molar-refractivity contribution >= 4 is 17.0 Å². The van der Waals surface area contributed by atoms with E-state index in [2.05, 4.69) is 21.4 Å². The van der Waals surface area contributed by atoms with Crippen molar-refractivity contribution < 1.29 is 9.90 Å². The van der Waals surface area contributed by atoms with Crippen molar-refractivity contribution in [3.05, 3.63) is 30.1 Å². The lowest BCUT2D eigenvalue weighted by atomic mass is 10.2. The van der Waals surface area contributed by atoms with Gasteiger partial charge in [-0.3, -0.25) is 4.90 Å². The van der Waals surface area contributed by atoms with Crippen molar-refractivity contribution in [3.63, 3.8) is 0 Å². The van der Waals surface area contributed by atoms with Crippen molar-refractivity contribution in [3.8, 4) is 0 Å². The molecule has 0 aliphatic carbocycles. The molecule has 1 aromatic carbocycles. The molecular formula is C15H19N3O2. The van der Waals surface area contributed by atoms with Gasteiger partial charge in [0.25, 0.3) is 0 Å². The fourth-order valence-electron chi connectivity index (χ4n) is 3.09. The first-order chi connectivity index (χ1) is 9.69. The molecule has 0 amide bonds. The lowest BCUT2D eigenvalue weighted by Gasteiger charge is -2.23. The van der Waals surface area contributed by atoms with E-state index >= 15 is 0 Å². The minimum atomic E-state index is -0.908. The number of fused-ring (bicyclic) bond motifs is 1. The molecule has 5 heteroatoms. The van der Waals surface area contributed by atoms with E-state index in [-0.39, 0.29) is 0 Å². The Hall–Kier alpha value is -1.88. The molecule has 2 heterocycles. The molecule has 1 aliphatic heterocycles. The van der Waals surface area contributed by atoms with Crippen molar-refractivity contribution in [2.75, 3.05) is 13.1 Å². The Balaban J connectivity index is 1.87. The maximum absolute atomic E-state index is 11.0. The number of carbonyl (C=O) groups is 1. The summed E-state index contributed by atoms with van der Waals surface area (Å²) in [6, 6.07) is 5.71. The molecule has 0 radical (unpaired) electrons. The van der Waals surface area contributed by atoms with Crippen molar-refractivity contribution in [2.45, 2.75) is 32.4 Å². The number of imidazole rings is 1. The Bertz CT molecular complexity index is 635. The third-order valence-electron chi connectivity index (χ3n) is 4.18. The summed E-state index contributed by atoms with van der Waals surface area (Å²) >= 11 is 0. The third kappa shape index (κ3) is 2.29. The quantitative estimate of drug-likeness (QED) is 0.928. The van der Waals surface area contributed by atoms with Gasteiger partial charge in [-0.2, -0.15) is 0 Å². The predicted molar refractivity (Wildman–Crippen MR) is 77.0 cm³/mol. The molecule has 1 aliphatic rings. The lowest BCUT2D eigenvalue weighted by Crippen LogP contribution is -2.32. The van der Waals surface area contributed by atoms with Crippen molar-refractivity contribution in [1.29, 1.82) is 0 Å². The normalized spacial score (nSPS) is 19.8. The van der Waals surface area contributed by atoms with Gasteiger partial charge in [-0.05, 0) is 44.1 Å². The number of carboxylic acids is 1. The highest BCUT2D eigenvalue weighted by Crippen LogP contribution is 2.21. The fourth-order valence-corrected chi connectivity index (χ4v) is 3.09. The number of hydrogen-bond donors (Lipinski definition) is 1. The minimum Gasteiger partial charge on any atom is -0.478 e. The molecule has 1 N–H and O–H groups in total. The van der Waals surface area contributed by atoms with Gasteiger partial charge in [0.2, 0.25) is 0 Å². The zero-order valence-electron chi connectivity index (χ0n) is 11.6. The van der Waals surface area contributed by atoms with Crippen LogP contribution < -0.4 is 0 Å². The molecule has 1 fully saturated rings. The van der Waals surface area contributed by atoms with Crippen molar-refractivity contribution in [1.82, 2.24) is 14.5 Å². The van der Waals surface area contributed by atoms with Crippen LogP contribution in [0.25, 0.3) is 11.0 Å². The van der Waals surface area contributed by atoms with Crippen LogP contribution in [0.5, 0.6) is 0 Å². The summed E-state index contributed by atoms with van der Waals surface area (Å²) in [6.45, 7) is 5.39. The second-order valence-electron chi connectivity index (χ2n) is 5.33. The van der Waals surface area contributed by atoms with Gasteiger partial charge in [-0.15, -0.1) is 0 Å². The van der Waals surface area contributed by atoms with E-state index in [0.717, 1.165) is 24.1 Å². The SMILES string of the molecule is CCN1CCCC1Cn1cnc2cc(C(=O)O)ccc21. The molecule has 1 unspecified atom stereocenters. The molecule has 0 bridgehead atoms. The van der Waals surface area contributed by atoms with Gasteiger partial charge >= 0.3 is 5.97 Å². The molecule has 2 aromatic rings. The second kappa shape index (κ2) is 5.25. The molecule has 1 saturated heterocycles. The molecule has 3 rings (SSSR count). The molecule has 106 valence electrons. The molecule has 0 spiro atoms. The van der Waals surface area contributed by atoms with Gasteiger partial charge in [0.05, 0.1) is 22.9 Å². The number of likely N-dealkylation sites (tertiary alicyclic amines) is 1. The number of likely N-dealkylation sites (N-methyl/N-ethyl adjacent to an activating group) is 1. The van der Waals surface area contributed by atoms with E-state index in [9.17, 15) is 4.79 Å². The highest BCUT2D eigenvalue weighted by Gasteiger charge is 2.23. The molecule has 0 saturated carbocycles. The Morgan fingerprint density at radius 3 is 3.10 bits per heavy atom. The Morgan fingerprint density at radius 1 is 1.50 bits per heavy atom. The second-order valence-corrected chi connectivity index (χ2v) is 5.33. The zero-order chi connectivity index (χ0) is 14.1. The number of benzene rings is 1. The predicted octanol–water partition coefficient (Wildman–Crippen LogP) is 2.22. The number of rotatable bonds is 4. The van der Waals surface area contributed by atoms with Crippen molar-refractivity contribution in [2.24, 2.45) is 0 Å². The van der Waals surface area contributed by atoms with Gasteiger partial charge < -0.3 is 9.67 Å². The molecular weight excluding hydrogens is 254 g/mol. The van der Waals surface area contributed by atoms with Crippen LogP contribution >= 0.6 is 0 Å². The summed E-state index contributed by atoms with van der Waals surface area (Å²) in [5.41, 5.74) is 2.06. The first-order valence-electron chi connectivity index (χ1n) is 7.11. The fraction of sp³-hybridized carbons (Fsp3) is 0.467. The van der Waals surface area contributed by atoms with Gasteiger partial charge in [0, 0.05) is 12.6 Å². The summed E-state index contributed by atoms with van der Waals surface area (Å²) in [7, 11) is 0. The summed E-state index contributed by atoms with van der Waals surface area (Å²) in [5, 5.41) is 9.01. The number of nitrogens with zero attached hydrogens (tertiary/aromatic N) is 3. The average molecular weight is 273 g/mol. The highest BCUT2D eigenvalue weighted by molar-refractivity contribution is 5.92. The summed E-state index contributed by atoms with van der Waals surface area (Å²) in [4.78, 5) is 17.8. The van der Waals surface area contributed by atoms with E-state index in [0.29, 0.717) is 11.6 Å². The van der Waals surface area contributed by atoms with Gasteiger partial charge in [-0.25, -0.2) is 9.78 Å². The topological polar surface area (TPSA) is 58.4 Å². The first-order valence-corrected chi connectivity index (χ1v) is 7.11. The number of hydrogen-bond acceptors (Lipinski definition) is 3. The van der Waals surface area contributed by atoms with Gasteiger partial charge in [0.15, 0.2) is 0 Å².